The average Bonchev–Trinajstić information content (AvgIpc) is 2.56. The zero-order valence-corrected chi connectivity index (χ0v) is 20.4. The number of rotatable bonds is 15. The maximum absolute atomic E-state index is 10.8. The Labute approximate surface area is 200 Å². The molecule has 0 saturated heterocycles. The zero-order valence-electron chi connectivity index (χ0n) is 15.6. The second-order valence-corrected chi connectivity index (χ2v) is 7.56. The molecule has 130 valence electrons. The van der Waals surface area contributed by atoms with E-state index in [9.17, 15) is 5.11 Å². The number of hydrogen-bond donors (Lipinski definition) is 0. The SMILES string of the molecule is [K+].[O-]C(=[Se])CCCCCCCCCCCCCCc1ccccc1. The van der Waals surface area contributed by atoms with E-state index >= 15 is 0 Å². The summed E-state index contributed by atoms with van der Waals surface area (Å²) in [7, 11) is 0. The van der Waals surface area contributed by atoms with Crippen LogP contribution in [-0.2, 0) is 6.42 Å². The minimum atomic E-state index is 0. The van der Waals surface area contributed by atoms with E-state index in [1.165, 1.54) is 82.6 Å². The van der Waals surface area contributed by atoms with Gasteiger partial charge in [0, 0.05) is 0 Å². The van der Waals surface area contributed by atoms with Crippen LogP contribution < -0.4 is 56.5 Å². The molecule has 0 heterocycles. The van der Waals surface area contributed by atoms with Crippen molar-refractivity contribution in [1.82, 2.24) is 0 Å². The van der Waals surface area contributed by atoms with E-state index in [4.69, 9.17) is 0 Å². The fraction of sp³-hybridized carbons (Fsp3) is 0.667. The number of hydrogen-bond acceptors (Lipinski definition) is 1. The van der Waals surface area contributed by atoms with E-state index in [-0.39, 0.29) is 56.0 Å². The molecular weight excluding hydrogens is 386 g/mol. The summed E-state index contributed by atoms with van der Waals surface area (Å²) in [5.41, 5.74) is 1.48. The summed E-state index contributed by atoms with van der Waals surface area (Å²) in [6.45, 7) is 0. The van der Waals surface area contributed by atoms with Crippen molar-refractivity contribution in [1.29, 1.82) is 0 Å². The van der Waals surface area contributed by atoms with Crippen molar-refractivity contribution >= 4 is 20.2 Å². The van der Waals surface area contributed by atoms with Crippen molar-refractivity contribution < 1.29 is 56.5 Å². The Bertz CT molecular complexity index is 394. The van der Waals surface area contributed by atoms with Crippen LogP contribution in [0.2, 0.25) is 0 Å². The monoisotopic (exact) mass is 420 g/mol. The van der Waals surface area contributed by atoms with Crippen molar-refractivity contribution in [2.24, 2.45) is 0 Å². The van der Waals surface area contributed by atoms with Gasteiger partial charge < -0.3 is 0 Å². The molecule has 0 aliphatic carbocycles. The summed E-state index contributed by atoms with van der Waals surface area (Å²) in [4.78, 5) is 0. The van der Waals surface area contributed by atoms with Crippen LogP contribution in [-0.4, -0.2) is 20.2 Å². The third-order valence-electron chi connectivity index (χ3n) is 4.44. The van der Waals surface area contributed by atoms with E-state index < -0.39 is 0 Å². The van der Waals surface area contributed by atoms with E-state index in [1.807, 2.05) is 0 Å². The van der Waals surface area contributed by atoms with Crippen LogP contribution in [0.15, 0.2) is 30.3 Å². The van der Waals surface area contributed by atoms with Gasteiger partial charge in [-0.25, -0.2) is 0 Å². The van der Waals surface area contributed by atoms with Crippen LogP contribution in [0.1, 0.15) is 89.0 Å². The van der Waals surface area contributed by atoms with Gasteiger partial charge in [0.1, 0.15) is 0 Å². The topological polar surface area (TPSA) is 23.1 Å². The first-order chi connectivity index (χ1) is 11.3. The molecule has 1 aromatic rings. The molecule has 3 heteroatoms. The maximum atomic E-state index is 10.8. The molecular formula is C21H33KOSe. The Kier molecular flexibility index (Phi) is 19.6. The molecule has 0 bridgehead atoms. The number of benzene rings is 1. The number of aryl methyl sites for hydroxylation is 1. The molecule has 0 N–H and O–H groups in total. The molecule has 0 radical (unpaired) electrons. The third-order valence-corrected chi connectivity index (χ3v) is 4.87. The molecule has 1 aromatic carbocycles. The van der Waals surface area contributed by atoms with E-state index in [1.54, 1.807) is 0 Å². The van der Waals surface area contributed by atoms with Gasteiger partial charge in [-0.1, -0.05) is 36.8 Å². The fourth-order valence-electron chi connectivity index (χ4n) is 3.01. The van der Waals surface area contributed by atoms with E-state index in [0.717, 1.165) is 12.8 Å². The predicted molar refractivity (Wildman–Crippen MR) is 101 cm³/mol. The molecule has 0 saturated carbocycles. The average molecular weight is 420 g/mol. The summed E-state index contributed by atoms with van der Waals surface area (Å²) >= 11 is 2.55. The summed E-state index contributed by atoms with van der Waals surface area (Å²) in [6.07, 6.45) is 18.0. The van der Waals surface area contributed by atoms with Gasteiger partial charge in [0.25, 0.3) is 0 Å². The first kappa shape index (κ1) is 25.0. The minimum Gasteiger partial charge on any atom is -0.0622 e. The molecule has 24 heavy (non-hydrogen) atoms. The van der Waals surface area contributed by atoms with Crippen molar-refractivity contribution in [3.8, 4) is 0 Å². The Balaban J connectivity index is 0.00000529. The summed E-state index contributed by atoms with van der Waals surface area (Å²) in [6, 6.07) is 10.8. The van der Waals surface area contributed by atoms with Crippen molar-refractivity contribution in [2.75, 3.05) is 0 Å². The molecule has 0 fully saturated rings. The van der Waals surface area contributed by atoms with Crippen LogP contribution in [0, 0.1) is 0 Å². The Morgan fingerprint density at radius 3 is 1.54 bits per heavy atom. The molecule has 0 aromatic heterocycles. The normalized spacial score (nSPS) is 10.3. The molecule has 0 aliphatic rings. The van der Waals surface area contributed by atoms with Gasteiger partial charge in [-0.05, 0) is 18.4 Å². The third kappa shape index (κ3) is 16.5. The van der Waals surface area contributed by atoms with Crippen LogP contribution in [0.5, 0.6) is 0 Å². The summed E-state index contributed by atoms with van der Waals surface area (Å²) in [5, 5.41) is 10.8. The van der Waals surface area contributed by atoms with Gasteiger partial charge in [0.2, 0.25) is 0 Å². The molecule has 1 rings (SSSR count). The quantitative estimate of drug-likeness (QED) is 0.315. The summed E-state index contributed by atoms with van der Waals surface area (Å²) < 4.78 is 0.216. The fourth-order valence-corrected chi connectivity index (χ4v) is 3.31. The molecule has 0 atom stereocenters. The molecule has 0 spiro atoms. The predicted octanol–water partition coefficient (Wildman–Crippen LogP) is 1.96. The summed E-state index contributed by atoms with van der Waals surface area (Å²) in [5.74, 6) is 0. The van der Waals surface area contributed by atoms with Gasteiger partial charge in [-0.15, -0.1) is 0 Å². The first-order valence-electron chi connectivity index (χ1n) is 9.53. The van der Waals surface area contributed by atoms with Crippen molar-refractivity contribution in [2.45, 2.75) is 89.9 Å². The van der Waals surface area contributed by atoms with E-state index in [0.29, 0.717) is 0 Å². The molecule has 0 unspecified atom stereocenters. The van der Waals surface area contributed by atoms with Crippen molar-refractivity contribution in [3.05, 3.63) is 35.9 Å². The molecule has 0 aliphatic heterocycles. The minimum absolute atomic E-state index is 0. The van der Waals surface area contributed by atoms with Crippen molar-refractivity contribution in [3.63, 3.8) is 0 Å². The second kappa shape index (κ2) is 18.8. The smallest absolute Gasteiger partial charge is 0.0622 e. The van der Waals surface area contributed by atoms with Gasteiger partial charge >= 0.3 is 147 Å². The van der Waals surface area contributed by atoms with Crippen LogP contribution in [0.3, 0.4) is 0 Å². The Morgan fingerprint density at radius 1 is 0.667 bits per heavy atom. The van der Waals surface area contributed by atoms with Crippen LogP contribution >= 0.6 is 0 Å². The Morgan fingerprint density at radius 2 is 1.08 bits per heavy atom. The van der Waals surface area contributed by atoms with Gasteiger partial charge in [-0.2, -0.15) is 0 Å². The van der Waals surface area contributed by atoms with E-state index in [2.05, 4.69) is 45.9 Å². The molecule has 0 amide bonds. The van der Waals surface area contributed by atoms with Crippen LogP contribution in [0.25, 0.3) is 0 Å². The van der Waals surface area contributed by atoms with Crippen LogP contribution in [0.4, 0.5) is 0 Å². The van der Waals surface area contributed by atoms with Gasteiger partial charge in [0.05, 0.1) is 0 Å². The Hall–Kier alpha value is 1.05. The zero-order chi connectivity index (χ0) is 16.6. The number of unbranched alkanes of at least 4 members (excludes halogenated alkanes) is 11. The van der Waals surface area contributed by atoms with Gasteiger partial charge in [-0.3, -0.25) is 0 Å². The van der Waals surface area contributed by atoms with Gasteiger partial charge in [0.15, 0.2) is 0 Å². The first-order valence-corrected chi connectivity index (χ1v) is 10.4. The standard InChI is InChI=1S/C21H34OSe.K/c22-21(23)19-15-10-8-6-4-2-1-3-5-7-9-12-16-20-17-13-11-14-18-20;/h11,13-14,17-18H,1-10,12,15-16,19H2,(H,22,23);/q;+1/p-1. The second-order valence-electron chi connectivity index (χ2n) is 6.60. The molecule has 1 nitrogen and oxygen atoms in total.